The van der Waals surface area contributed by atoms with Gasteiger partial charge in [-0.05, 0) is 38.0 Å². The van der Waals surface area contributed by atoms with E-state index in [2.05, 4.69) is 10.1 Å². The molecule has 0 aliphatic heterocycles. The number of amides is 1. The minimum absolute atomic E-state index is 0.118. The smallest absolute Gasteiger partial charge is 0.307 e. The Morgan fingerprint density at radius 1 is 1.29 bits per heavy atom. The minimum Gasteiger partial charge on any atom is -0.478 e. The molecule has 132 valence electrons. The lowest BCUT2D eigenvalue weighted by atomic mass is 10.1. The van der Waals surface area contributed by atoms with E-state index in [1.165, 1.54) is 7.11 Å². The van der Waals surface area contributed by atoms with Crippen molar-refractivity contribution in [2.24, 2.45) is 0 Å². The maximum absolute atomic E-state index is 12.2. The normalized spacial score (nSPS) is 18.6. The molecule has 1 fully saturated rings. The lowest BCUT2D eigenvalue weighted by Gasteiger charge is -2.25. The summed E-state index contributed by atoms with van der Waals surface area (Å²) in [6.07, 6.45) is 0.859. The highest BCUT2D eigenvalue weighted by Crippen LogP contribution is 2.59. The van der Waals surface area contributed by atoms with E-state index < -0.39 is 9.93 Å². The Hall–Kier alpha value is -1.46. The summed E-state index contributed by atoms with van der Waals surface area (Å²) in [6, 6.07) is 7.39. The lowest BCUT2D eigenvalue weighted by molar-refractivity contribution is -0.140. The highest BCUT2D eigenvalue weighted by Gasteiger charge is 2.52. The number of halogens is 2. The zero-order valence-electron chi connectivity index (χ0n) is 13.9. The molecule has 0 spiro atoms. The van der Waals surface area contributed by atoms with E-state index in [0.717, 1.165) is 12.0 Å². The summed E-state index contributed by atoms with van der Waals surface area (Å²) < 4.78 is 9.62. The monoisotopic (exact) mass is 373 g/mol. The molecule has 1 saturated carbocycles. The quantitative estimate of drug-likeness (QED) is 0.588. The van der Waals surface area contributed by atoms with Crippen molar-refractivity contribution >= 4 is 35.1 Å². The molecule has 24 heavy (non-hydrogen) atoms. The highest BCUT2D eigenvalue weighted by molar-refractivity contribution is 6.51. The zero-order chi connectivity index (χ0) is 18.0. The molecule has 5 nitrogen and oxygen atoms in total. The number of esters is 1. The molecule has 2 rings (SSSR count). The molecule has 0 aromatic heterocycles. The van der Waals surface area contributed by atoms with Gasteiger partial charge in [0.1, 0.15) is 10.1 Å². The second-order valence-electron chi connectivity index (χ2n) is 6.28. The van der Waals surface area contributed by atoms with Crippen LogP contribution >= 0.6 is 23.2 Å². The number of ether oxygens (including phenoxy) is 2. The third kappa shape index (κ3) is 4.77. The van der Waals surface area contributed by atoms with Gasteiger partial charge in [0.2, 0.25) is 0 Å². The number of nitrogens with one attached hydrogen (secondary N) is 1. The summed E-state index contributed by atoms with van der Waals surface area (Å²) in [5.74, 6) is 0.0318. The van der Waals surface area contributed by atoms with E-state index in [1.54, 1.807) is 26.0 Å². The molecule has 1 amide bonds. The number of hydrogen-bond donors (Lipinski definition) is 1. The van der Waals surface area contributed by atoms with Crippen molar-refractivity contribution in [1.82, 2.24) is 5.32 Å². The molecule has 1 atom stereocenters. The fraction of sp³-hybridized carbons (Fsp3) is 0.529. The number of methoxy groups -OCH3 is 1. The van der Waals surface area contributed by atoms with E-state index in [1.807, 2.05) is 12.1 Å². The molecule has 1 aromatic rings. The minimum atomic E-state index is -1.07. The van der Waals surface area contributed by atoms with Crippen LogP contribution in [0.15, 0.2) is 24.3 Å². The summed E-state index contributed by atoms with van der Waals surface area (Å²) >= 11 is 12.1. The average Bonchev–Trinajstić information content (AvgIpc) is 3.16. The van der Waals surface area contributed by atoms with Gasteiger partial charge >= 0.3 is 5.97 Å². The number of rotatable bonds is 7. The average molecular weight is 374 g/mol. The fourth-order valence-corrected chi connectivity index (χ4v) is 2.84. The third-order valence-electron chi connectivity index (χ3n) is 3.87. The van der Waals surface area contributed by atoms with Crippen LogP contribution in [-0.2, 0) is 14.3 Å². The van der Waals surface area contributed by atoms with Gasteiger partial charge in [-0.2, -0.15) is 0 Å². The number of alkyl halides is 2. The van der Waals surface area contributed by atoms with Crippen LogP contribution in [0.5, 0.6) is 5.75 Å². The van der Waals surface area contributed by atoms with Crippen LogP contribution in [0.1, 0.15) is 38.2 Å². The second kappa shape index (κ2) is 7.19. The fourth-order valence-electron chi connectivity index (χ4n) is 2.28. The third-order valence-corrected chi connectivity index (χ3v) is 4.71. The predicted octanol–water partition coefficient (Wildman–Crippen LogP) is 3.18. The summed E-state index contributed by atoms with van der Waals surface area (Å²) in [6.45, 7) is 3.53. The Bertz CT molecular complexity index is 614. The molecule has 0 saturated heterocycles. The Kier molecular flexibility index (Phi) is 5.66. The van der Waals surface area contributed by atoms with Crippen molar-refractivity contribution in [3.05, 3.63) is 29.8 Å². The van der Waals surface area contributed by atoms with Crippen LogP contribution in [0, 0.1) is 0 Å². The van der Waals surface area contributed by atoms with E-state index >= 15 is 0 Å². The Morgan fingerprint density at radius 3 is 2.38 bits per heavy atom. The second-order valence-corrected chi connectivity index (χ2v) is 7.82. The number of carbonyl (C=O) groups excluding carboxylic acids is 2. The van der Waals surface area contributed by atoms with E-state index in [-0.39, 0.29) is 30.8 Å². The molecule has 0 bridgehead atoms. The first-order chi connectivity index (χ1) is 11.2. The first kappa shape index (κ1) is 18.9. The number of hydrogen-bond acceptors (Lipinski definition) is 4. The zero-order valence-corrected chi connectivity index (χ0v) is 15.4. The van der Waals surface area contributed by atoms with Gasteiger partial charge in [-0.15, -0.1) is 23.2 Å². The van der Waals surface area contributed by atoms with E-state index in [9.17, 15) is 9.59 Å². The molecule has 1 aliphatic rings. The van der Waals surface area contributed by atoms with Crippen molar-refractivity contribution in [1.29, 1.82) is 0 Å². The van der Waals surface area contributed by atoms with Gasteiger partial charge in [0.25, 0.3) is 5.91 Å². The molecule has 1 N–H and O–H groups in total. The topological polar surface area (TPSA) is 64.6 Å². The Balaban J connectivity index is 1.88. The summed E-state index contributed by atoms with van der Waals surface area (Å²) in [7, 11) is 1.31. The van der Waals surface area contributed by atoms with E-state index in [4.69, 9.17) is 27.9 Å². The van der Waals surface area contributed by atoms with Crippen LogP contribution in [0.25, 0.3) is 0 Å². The number of benzene rings is 1. The Labute approximate surface area is 151 Å². The highest BCUT2D eigenvalue weighted by atomic mass is 35.5. The van der Waals surface area contributed by atoms with Crippen molar-refractivity contribution in [2.75, 3.05) is 13.7 Å². The van der Waals surface area contributed by atoms with Gasteiger partial charge in [0.05, 0.1) is 13.5 Å². The van der Waals surface area contributed by atoms with E-state index in [0.29, 0.717) is 5.75 Å². The van der Waals surface area contributed by atoms with Gasteiger partial charge in [-0.3, -0.25) is 9.59 Å². The molecule has 0 radical (unpaired) electrons. The largest absolute Gasteiger partial charge is 0.478 e. The predicted molar refractivity (Wildman–Crippen MR) is 92.6 cm³/mol. The maximum Gasteiger partial charge on any atom is 0.307 e. The lowest BCUT2D eigenvalue weighted by Crippen LogP contribution is -2.47. The summed E-state index contributed by atoms with van der Waals surface area (Å²) in [5.41, 5.74) is -0.0207. The van der Waals surface area contributed by atoms with Gasteiger partial charge in [-0.25, -0.2) is 0 Å². The molecule has 7 heteroatoms. The van der Waals surface area contributed by atoms with Crippen LogP contribution in [-0.4, -0.2) is 35.5 Å². The molecular weight excluding hydrogens is 353 g/mol. The first-order valence-corrected chi connectivity index (χ1v) is 8.43. The van der Waals surface area contributed by atoms with Crippen LogP contribution in [0.4, 0.5) is 0 Å². The molecular formula is C17H21Cl2NO4. The van der Waals surface area contributed by atoms with Gasteiger partial charge < -0.3 is 14.8 Å². The summed E-state index contributed by atoms with van der Waals surface area (Å²) in [4.78, 5) is 23.2. The van der Waals surface area contributed by atoms with Crippen molar-refractivity contribution in [3.8, 4) is 5.75 Å². The summed E-state index contributed by atoms with van der Waals surface area (Å²) in [5, 5.41) is 2.66. The molecule has 1 aromatic carbocycles. The first-order valence-electron chi connectivity index (χ1n) is 7.67. The molecule has 0 heterocycles. The van der Waals surface area contributed by atoms with Crippen molar-refractivity contribution in [3.63, 3.8) is 0 Å². The Morgan fingerprint density at radius 2 is 1.88 bits per heavy atom. The van der Waals surface area contributed by atoms with Crippen LogP contribution in [0.3, 0.4) is 0 Å². The maximum atomic E-state index is 12.2. The molecule has 1 aliphatic carbocycles. The van der Waals surface area contributed by atoms with Crippen molar-refractivity contribution in [2.45, 2.75) is 42.5 Å². The van der Waals surface area contributed by atoms with Crippen LogP contribution in [0.2, 0.25) is 0 Å². The standard InChI is InChI=1S/C17H21Cl2NO4/c1-16(2,15(22)20-9-8-14(21)23-3)24-12-6-4-11(5-7-12)13-10-17(13,18)19/h4-7,13H,8-10H2,1-3H3,(H,20,22)/t13-/m0/s1. The van der Waals surface area contributed by atoms with Crippen LogP contribution < -0.4 is 10.1 Å². The molecule has 0 unspecified atom stereocenters. The SMILES string of the molecule is COC(=O)CCNC(=O)C(C)(C)Oc1ccc([C@@H]2CC2(Cl)Cl)cc1. The van der Waals surface area contributed by atoms with Gasteiger partial charge in [-0.1, -0.05) is 12.1 Å². The van der Waals surface area contributed by atoms with Gasteiger partial charge in [0.15, 0.2) is 5.60 Å². The number of carbonyl (C=O) groups is 2. The van der Waals surface area contributed by atoms with Crippen molar-refractivity contribution < 1.29 is 19.1 Å². The van der Waals surface area contributed by atoms with Gasteiger partial charge in [0, 0.05) is 12.5 Å².